The van der Waals surface area contributed by atoms with E-state index in [2.05, 4.69) is 10.6 Å². The highest BCUT2D eigenvalue weighted by Crippen LogP contribution is 2.23. The van der Waals surface area contributed by atoms with E-state index >= 15 is 0 Å². The van der Waals surface area contributed by atoms with Crippen molar-refractivity contribution in [2.24, 2.45) is 5.92 Å². The molecule has 1 aromatic rings. The Morgan fingerprint density at radius 2 is 2.09 bits per heavy atom. The lowest BCUT2D eigenvalue weighted by atomic mass is 9.87. The van der Waals surface area contributed by atoms with Crippen LogP contribution < -0.4 is 10.6 Å². The number of halogens is 2. The summed E-state index contributed by atoms with van der Waals surface area (Å²) in [5, 5.41) is 15.0. The smallest absolute Gasteiger partial charge is 0.314 e. The van der Waals surface area contributed by atoms with Gasteiger partial charge in [0.15, 0.2) is 0 Å². The van der Waals surface area contributed by atoms with Gasteiger partial charge in [0, 0.05) is 19.2 Å². The second-order valence-electron chi connectivity index (χ2n) is 5.81. The van der Waals surface area contributed by atoms with E-state index in [1.54, 1.807) is 0 Å². The molecule has 2 unspecified atom stereocenters. The number of hydrogen-bond donors (Lipinski definition) is 3. The molecule has 22 heavy (non-hydrogen) atoms. The molecule has 122 valence electrons. The van der Waals surface area contributed by atoms with Crippen LogP contribution in [0.15, 0.2) is 18.2 Å². The van der Waals surface area contributed by atoms with Crippen molar-refractivity contribution in [1.82, 2.24) is 10.6 Å². The van der Waals surface area contributed by atoms with Gasteiger partial charge >= 0.3 is 6.03 Å². The minimum atomic E-state index is -0.610. The van der Waals surface area contributed by atoms with E-state index in [4.69, 9.17) is 0 Å². The van der Waals surface area contributed by atoms with E-state index < -0.39 is 11.6 Å². The summed E-state index contributed by atoms with van der Waals surface area (Å²) in [6.07, 6.45) is 3.61. The number of urea groups is 1. The SMILES string of the molecule is O=C(NCCc1ccc(F)cc1F)NCC1CCCC(O)C1. The summed E-state index contributed by atoms with van der Waals surface area (Å²) < 4.78 is 26.2. The fourth-order valence-corrected chi connectivity index (χ4v) is 2.78. The van der Waals surface area contributed by atoms with Crippen molar-refractivity contribution in [2.45, 2.75) is 38.2 Å². The lowest BCUT2D eigenvalue weighted by Crippen LogP contribution is -2.40. The molecule has 4 nitrogen and oxygen atoms in total. The predicted octanol–water partition coefficient (Wildman–Crippen LogP) is 2.36. The van der Waals surface area contributed by atoms with Crippen LogP contribution in [-0.2, 0) is 6.42 Å². The zero-order chi connectivity index (χ0) is 15.9. The van der Waals surface area contributed by atoms with Gasteiger partial charge in [0.25, 0.3) is 0 Å². The number of hydrogen-bond acceptors (Lipinski definition) is 2. The molecule has 2 atom stereocenters. The van der Waals surface area contributed by atoms with Crippen molar-refractivity contribution in [3.8, 4) is 0 Å². The zero-order valence-electron chi connectivity index (χ0n) is 12.4. The quantitative estimate of drug-likeness (QED) is 0.781. The number of carbonyl (C=O) groups excluding carboxylic acids is 1. The van der Waals surface area contributed by atoms with Gasteiger partial charge in [-0.05, 0) is 43.2 Å². The van der Waals surface area contributed by atoms with Crippen LogP contribution in [0.4, 0.5) is 13.6 Å². The van der Waals surface area contributed by atoms with Crippen molar-refractivity contribution in [1.29, 1.82) is 0 Å². The molecule has 0 spiro atoms. The van der Waals surface area contributed by atoms with Crippen LogP contribution >= 0.6 is 0 Å². The van der Waals surface area contributed by atoms with Gasteiger partial charge < -0.3 is 15.7 Å². The first-order valence-electron chi connectivity index (χ1n) is 7.68. The van der Waals surface area contributed by atoms with Gasteiger partial charge in [-0.2, -0.15) is 0 Å². The highest BCUT2D eigenvalue weighted by molar-refractivity contribution is 5.73. The Labute approximate surface area is 128 Å². The number of amides is 2. The van der Waals surface area contributed by atoms with Gasteiger partial charge in [-0.25, -0.2) is 13.6 Å². The average Bonchev–Trinajstić information content (AvgIpc) is 2.47. The molecular formula is C16H22F2N2O2. The third-order valence-corrected chi connectivity index (χ3v) is 4.00. The van der Waals surface area contributed by atoms with E-state index in [-0.39, 0.29) is 18.7 Å². The molecule has 0 aromatic heterocycles. The number of rotatable bonds is 5. The number of benzene rings is 1. The molecule has 2 rings (SSSR count). The van der Waals surface area contributed by atoms with Crippen molar-refractivity contribution in [3.05, 3.63) is 35.4 Å². The van der Waals surface area contributed by atoms with Crippen LogP contribution in [0.25, 0.3) is 0 Å². The van der Waals surface area contributed by atoms with Crippen LogP contribution in [0.3, 0.4) is 0 Å². The van der Waals surface area contributed by atoms with Gasteiger partial charge in [0.1, 0.15) is 11.6 Å². The van der Waals surface area contributed by atoms with Gasteiger partial charge in [-0.15, -0.1) is 0 Å². The second kappa shape index (κ2) is 8.08. The molecule has 0 radical (unpaired) electrons. The Morgan fingerprint density at radius 1 is 1.27 bits per heavy atom. The summed E-state index contributed by atoms with van der Waals surface area (Å²) in [7, 11) is 0. The highest BCUT2D eigenvalue weighted by atomic mass is 19.1. The normalized spacial score (nSPS) is 21.4. The van der Waals surface area contributed by atoms with Gasteiger partial charge in [-0.3, -0.25) is 0 Å². The third-order valence-electron chi connectivity index (χ3n) is 4.00. The molecule has 1 aliphatic carbocycles. The molecule has 2 amide bonds. The van der Waals surface area contributed by atoms with E-state index in [1.165, 1.54) is 12.1 Å². The van der Waals surface area contributed by atoms with Crippen LogP contribution in [-0.4, -0.2) is 30.3 Å². The molecule has 1 fully saturated rings. The fourth-order valence-electron chi connectivity index (χ4n) is 2.78. The van der Waals surface area contributed by atoms with Gasteiger partial charge in [0.2, 0.25) is 0 Å². The first kappa shape index (κ1) is 16.7. The van der Waals surface area contributed by atoms with Gasteiger partial charge in [-0.1, -0.05) is 12.5 Å². The van der Waals surface area contributed by atoms with Crippen LogP contribution in [0.5, 0.6) is 0 Å². The summed E-state index contributed by atoms with van der Waals surface area (Å²) in [6, 6.07) is 3.12. The maximum Gasteiger partial charge on any atom is 0.314 e. The third kappa shape index (κ3) is 5.26. The van der Waals surface area contributed by atoms with Crippen molar-refractivity contribution in [3.63, 3.8) is 0 Å². The number of nitrogens with one attached hydrogen (secondary N) is 2. The minimum absolute atomic E-state index is 0.259. The summed E-state index contributed by atoms with van der Waals surface area (Å²) >= 11 is 0. The summed E-state index contributed by atoms with van der Waals surface area (Å²) in [5.41, 5.74) is 0.372. The van der Waals surface area contributed by atoms with E-state index in [0.717, 1.165) is 31.7 Å². The number of aliphatic hydroxyl groups is 1. The summed E-state index contributed by atoms with van der Waals surface area (Å²) in [5.74, 6) is -0.899. The van der Waals surface area contributed by atoms with E-state index in [1.807, 2.05) is 0 Å². The second-order valence-corrected chi connectivity index (χ2v) is 5.81. The summed E-state index contributed by atoms with van der Waals surface area (Å²) in [6.45, 7) is 0.815. The summed E-state index contributed by atoms with van der Waals surface area (Å²) in [4.78, 5) is 11.7. The standard InChI is InChI=1S/C16H22F2N2O2/c17-13-5-4-12(15(18)9-13)6-7-19-16(22)20-10-11-2-1-3-14(21)8-11/h4-5,9,11,14,21H,1-3,6-8,10H2,(H2,19,20,22). The lowest BCUT2D eigenvalue weighted by Gasteiger charge is -2.25. The molecular weight excluding hydrogens is 290 g/mol. The van der Waals surface area contributed by atoms with Crippen molar-refractivity contribution in [2.75, 3.05) is 13.1 Å². The Bertz CT molecular complexity index is 511. The van der Waals surface area contributed by atoms with Crippen molar-refractivity contribution >= 4 is 6.03 Å². The Kier molecular flexibility index (Phi) is 6.12. The van der Waals surface area contributed by atoms with Crippen LogP contribution in [0.2, 0.25) is 0 Å². The predicted molar refractivity (Wildman–Crippen MR) is 79.4 cm³/mol. The number of aliphatic hydroxyl groups excluding tert-OH is 1. The number of carbonyl (C=O) groups is 1. The molecule has 1 saturated carbocycles. The van der Waals surface area contributed by atoms with E-state index in [0.29, 0.717) is 24.4 Å². The monoisotopic (exact) mass is 312 g/mol. The Morgan fingerprint density at radius 3 is 2.82 bits per heavy atom. The minimum Gasteiger partial charge on any atom is -0.393 e. The highest BCUT2D eigenvalue weighted by Gasteiger charge is 2.20. The Balaban J connectivity index is 1.65. The Hall–Kier alpha value is -1.69. The van der Waals surface area contributed by atoms with E-state index in [9.17, 15) is 18.7 Å². The lowest BCUT2D eigenvalue weighted by molar-refractivity contribution is 0.101. The molecule has 0 heterocycles. The maximum absolute atomic E-state index is 13.4. The molecule has 1 aliphatic rings. The fraction of sp³-hybridized carbons (Fsp3) is 0.562. The average molecular weight is 312 g/mol. The molecule has 1 aromatic carbocycles. The van der Waals surface area contributed by atoms with Crippen LogP contribution in [0.1, 0.15) is 31.2 Å². The first-order chi connectivity index (χ1) is 10.5. The molecule has 0 saturated heterocycles. The molecule has 3 N–H and O–H groups in total. The van der Waals surface area contributed by atoms with Crippen molar-refractivity contribution < 1.29 is 18.7 Å². The maximum atomic E-state index is 13.4. The first-order valence-corrected chi connectivity index (χ1v) is 7.68. The van der Waals surface area contributed by atoms with Crippen LogP contribution in [0, 0.1) is 17.6 Å². The zero-order valence-corrected chi connectivity index (χ0v) is 12.4. The molecule has 6 heteroatoms. The topological polar surface area (TPSA) is 61.4 Å². The van der Waals surface area contributed by atoms with Gasteiger partial charge in [0.05, 0.1) is 6.10 Å². The largest absolute Gasteiger partial charge is 0.393 e. The molecule has 0 aliphatic heterocycles. The molecule has 0 bridgehead atoms.